The Morgan fingerprint density at radius 2 is 2.07 bits per heavy atom. The monoisotopic (exact) mass is 399 g/mol. The van der Waals surface area contributed by atoms with Crippen molar-refractivity contribution in [2.24, 2.45) is 5.92 Å². The zero-order chi connectivity index (χ0) is 19.7. The predicted molar refractivity (Wildman–Crippen MR) is 107 cm³/mol. The van der Waals surface area contributed by atoms with Crippen LogP contribution in [0.15, 0.2) is 29.8 Å². The molecule has 146 valence electrons. The average molecular weight is 399 g/mol. The molecule has 2 aromatic heterocycles. The minimum absolute atomic E-state index is 0.0756. The van der Waals surface area contributed by atoms with Gasteiger partial charge in [-0.2, -0.15) is 0 Å². The zero-order valence-corrected chi connectivity index (χ0v) is 16.7. The fourth-order valence-electron chi connectivity index (χ4n) is 3.32. The van der Waals surface area contributed by atoms with E-state index in [4.69, 9.17) is 14.2 Å². The third-order valence-electron chi connectivity index (χ3n) is 4.92. The van der Waals surface area contributed by atoms with Gasteiger partial charge in [-0.1, -0.05) is 0 Å². The first-order valence-electron chi connectivity index (χ1n) is 8.99. The van der Waals surface area contributed by atoms with E-state index < -0.39 is 0 Å². The third kappa shape index (κ3) is 3.47. The minimum atomic E-state index is -0.0992. The van der Waals surface area contributed by atoms with Gasteiger partial charge in [0.1, 0.15) is 11.9 Å². The number of amides is 1. The molecule has 0 saturated carbocycles. The van der Waals surface area contributed by atoms with Crippen molar-refractivity contribution >= 4 is 27.5 Å². The summed E-state index contributed by atoms with van der Waals surface area (Å²) in [6.07, 6.45) is 0.391. The summed E-state index contributed by atoms with van der Waals surface area (Å²) in [6, 6.07) is 7.65. The molecule has 3 aromatic rings. The Labute approximate surface area is 166 Å². The van der Waals surface area contributed by atoms with Crippen LogP contribution in [-0.4, -0.2) is 42.7 Å². The quantitative estimate of drug-likeness (QED) is 0.685. The molecule has 1 saturated heterocycles. The van der Waals surface area contributed by atoms with Crippen LogP contribution in [-0.2, 0) is 4.79 Å². The molecular formula is C20H21N3O4S. The van der Waals surface area contributed by atoms with Crippen molar-refractivity contribution < 1.29 is 19.0 Å². The molecular weight excluding hydrogens is 378 g/mol. The van der Waals surface area contributed by atoms with Crippen molar-refractivity contribution in [1.29, 1.82) is 0 Å². The number of thiazole rings is 1. The number of fused-ring (bicyclic) bond motifs is 1. The van der Waals surface area contributed by atoms with Crippen molar-refractivity contribution in [3.8, 4) is 28.6 Å². The second-order valence-electron chi connectivity index (χ2n) is 6.67. The molecule has 3 heterocycles. The average Bonchev–Trinajstić information content (AvgIpc) is 3.36. The highest BCUT2D eigenvalue weighted by Gasteiger charge is 2.28. The standard InChI is InChI=1S/C20H21N3O4S/c1-11(13-8-18(24)21-9-13)27-17-7-12(6-15-19(17)28-10-22-15)14-4-5-16(25-2)20(23-14)26-3/h4-7,10-11,13H,8-9H2,1-3H3,(H,21,24)/t11-,13-/m1/s1. The van der Waals surface area contributed by atoms with Gasteiger partial charge >= 0.3 is 0 Å². The Balaban J connectivity index is 1.70. The number of hydrogen-bond acceptors (Lipinski definition) is 7. The van der Waals surface area contributed by atoms with Gasteiger partial charge in [-0.25, -0.2) is 9.97 Å². The molecule has 0 bridgehead atoms. The molecule has 28 heavy (non-hydrogen) atoms. The smallest absolute Gasteiger partial charge is 0.257 e. The molecule has 1 aliphatic heterocycles. The maximum Gasteiger partial charge on any atom is 0.257 e. The first-order chi connectivity index (χ1) is 13.6. The van der Waals surface area contributed by atoms with Crippen LogP contribution in [0.4, 0.5) is 0 Å². The van der Waals surface area contributed by atoms with Gasteiger partial charge in [-0.15, -0.1) is 11.3 Å². The van der Waals surface area contributed by atoms with Crippen molar-refractivity contribution in [2.45, 2.75) is 19.4 Å². The number of pyridine rings is 1. The molecule has 0 radical (unpaired) electrons. The van der Waals surface area contributed by atoms with Crippen LogP contribution in [0, 0.1) is 5.92 Å². The number of methoxy groups -OCH3 is 2. The molecule has 8 heteroatoms. The van der Waals surface area contributed by atoms with Crippen LogP contribution in [0.5, 0.6) is 17.4 Å². The molecule has 2 atom stereocenters. The molecule has 7 nitrogen and oxygen atoms in total. The SMILES string of the molecule is COc1ccc(-c2cc(O[C@H](C)[C@H]3CNC(=O)C3)c3scnc3c2)nc1OC. The summed E-state index contributed by atoms with van der Waals surface area (Å²) in [5.41, 5.74) is 4.26. The van der Waals surface area contributed by atoms with Crippen molar-refractivity contribution in [3.05, 3.63) is 29.8 Å². The fourth-order valence-corrected chi connectivity index (χ4v) is 4.05. The Bertz CT molecular complexity index is 1020. The number of carbonyl (C=O) groups is 1. The Kier molecular flexibility index (Phi) is 5.04. The van der Waals surface area contributed by atoms with Crippen molar-refractivity contribution in [3.63, 3.8) is 0 Å². The van der Waals surface area contributed by atoms with E-state index in [1.807, 2.05) is 31.2 Å². The highest BCUT2D eigenvalue weighted by Crippen LogP contribution is 2.37. The largest absolute Gasteiger partial charge is 0.491 e. The number of nitrogens with zero attached hydrogens (tertiary/aromatic N) is 2. The molecule has 1 N–H and O–H groups in total. The van der Waals surface area contributed by atoms with E-state index in [0.29, 0.717) is 24.6 Å². The van der Waals surface area contributed by atoms with Gasteiger partial charge in [0.25, 0.3) is 5.88 Å². The molecule has 0 aliphatic carbocycles. The molecule has 1 amide bonds. The van der Waals surface area contributed by atoms with E-state index in [1.54, 1.807) is 19.7 Å². The van der Waals surface area contributed by atoms with Crippen LogP contribution in [0.2, 0.25) is 0 Å². The highest BCUT2D eigenvalue weighted by molar-refractivity contribution is 7.17. The molecule has 4 rings (SSSR count). The molecule has 1 fully saturated rings. The highest BCUT2D eigenvalue weighted by atomic mass is 32.1. The third-order valence-corrected chi connectivity index (χ3v) is 5.77. The summed E-state index contributed by atoms with van der Waals surface area (Å²) in [7, 11) is 3.14. The van der Waals surface area contributed by atoms with Gasteiger partial charge in [0, 0.05) is 24.4 Å². The Morgan fingerprint density at radius 3 is 2.79 bits per heavy atom. The van der Waals surface area contributed by atoms with Gasteiger partial charge in [-0.05, 0) is 31.2 Å². The number of benzene rings is 1. The summed E-state index contributed by atoms with van der Waals surface area (Å²) in [5.74, 6) is 1.97. The van der Waals surface area contributed by atoms with E-state index in [2.05, 4.69) is 15.3 Å². The van der Waals surface area contributed by atoms with Crippen LogP contribution >= 0.6 is 11.3 Å². The van der Waals surface area contributed by atoms with Crippen LogP contribution in [0.3, 0.4) is 0 Å². The van der Waals surface area contributed by atoms with E-state index >= 15 is 0 Å². The number of rotatable bonds is 6. The predicted octanol–water partition coefficient (Wildman–Crippen LogP) is 3.28. The maximum atomic E-state index is 11.5. The number of nitrogens with one attached hydrogen (secondary N) is 1. The van der Waals surface area contributed by atoms with Gasteiger partial charge in [0.2, 0.25) is 5.91 Å². The van der Waals surface area contributed by atoms with Crippen LogP contribution in [0.1, 0.15) is 13.3 Å². The van der Waals surface area contributed by atoms with Gasteiger partial charge < -0.3 is 19.5 Å². The van der Waals surface area contributed by atoms with Crippen LogP contribution in [0.25, 0.3) is 21.5 Å². The molecule has 0 unspecified atom stereocenters. The lowest BCUT2D eigenvalue weighted by atomic mass is 10.0. The maximum absolute atomic E-state index is 11.5. The number of aromatic nitrogens is 2. The van der Waals surface area contributed by atoms with Crippen molar-refractivity contribution in [1.82, 2.24) is 15.3 Å². The molecule has 1 aromatic carbocycles. The number of ether oxygens (including phenoxy) is 3. The van der Waals surface area contributed by atoms with E-state index in [1.165, 1.54) is 11.3 Å². The summed E-state index contributed by atoms with van der Waals surface area (Å²) in [4.78, 5) is 20.5. The summed E-state index contributed by atoms with van der Waals surface area (Å²) < 4.78 is 17.9. The van der Waals surface area contributed by atoms with E-state index in [-0.39, 0.29) is 17.9 Å². The summed E-state index contributed by atoms with van der Waals surface area (Å²) >= 11 is 1.53. The fraction of sp³-hybridized carbons (Fsp3) is 0.350. The van der Waals surface area contributed by atoms with Crippen molar-refractivity contribution in [2.75, 3.05) is 20.8 Å². The topological polar surface area (TPSA) is 82.6 Å². The Hall–Kier alpha value is -2.87. The number of carbonyl (C=O) groups excluding carboxylic acids is 1. The summed E-state index contributed by atoms with van der Waals surface area (Å²) in [6.45, 7) is 2.64. The molecule has 0 spiro atoms. The first-order valence-corrected chi connectivity index (χ1v) is 9.87. The molecule has 1 aliphatic rings. The lowest BCUT2D eigenvalue weighted by Gasteiger charge is -2.20. The van der Waals surface area contributed by atoms with E-state index in [0.717, 1.165) is 27.2 Å². The first kappa shape index (κ1) is 18.5. The van der Waals surface area contributed by atoms with Gasteiger partial charge in [0.05, 0.1) is 35.6 Å². The lowest BCUT2D eigenvalue weighted by molar-refractivity contribution is -0.119. The Morgan fingerprint density at radius 1 is 1.21 bits per heavy atom. The van der Waals surface area contributed by atoms with Crippen LogP contribution < -0.4 is 19.5 Å². The summed E-state index contributed by atoms with van der Waals surface area (Å²) in [5, 5.41) is 2.86. The lowest BCUT2D eigenvalue weighted by Crippen LogP contribution is -2.25. The normalized spacial score (nSPS) is 17.4. The van der Waals surface area contributed by atoms with Gasteiger partial charge in [-0.3, -0.25) is 4.79 Å². The zero-order valence-electron chi connectivity index (χ0n) is 15.9. The second-order valence-corrected chi connectivity index (χ2v) is 7.53. The second kappa shape index (κ2) is 7.63. The minimum Gasteiger partial charge on any atom is -0.491 e. The number of hydrogen-bond donors (Lipinski definition) is 1. The van der Waals surface area contributed by atoms with E-state index in [9.17, 15) is 4.79 Å². The van der Waals surface area contributed by atoms with Gasteiger partial charge in [0.15, 0.2) is 5.75 Å².